The Bertz CT molecular complexity index is 1560. The molecule has 1 amide bonds. The molecule has 1 atom stereocenters. The van der Waals surface area contributed by atoms with Gasteiger partial charge in [-0.3, -0.25) is 4.79 Å². The van der Waals surface area contributed by atoms with Gasteiger partial charge in [-0.1, -0.05) is 35.9 Å². The molecular weight excluding hydrogens is 533 g/mol. The summed E-state index contributed by atoms with van der Waals surface area (Å²) >= 11 is 6.51. The molecule has 10 heteroatoms. The Balaban J connectivity index is 1.51. The number of aromatic nitrogens is 2. The van der Waals surface area contributed by atoms with Crippen molar-refractivity contribution < 1.29 is 18.7 Å². The van der Waals surface area contributed by atoms with Crippen LogP contribution in [0, 0.1) is 5.82 Å². The number of amides is 1. The summed E-state index contributed by atoms with van der Waals surface area (Å²) < 4.78 is 25.7. The first-order valence-electron chi connectivity index (χ1n) is 13.0. The van der Waals surface area contributed by atoms with Gasteiger partial charge in [0.2, 0.25) is 5.91 Å². The van der Waals surface area contributed by atoms with Crippen molar-refractivity contribution in [1.82, 2.24) is 9.97 Å². The van der Waals surface area contributed by atoms with E-state index in [0.29, 0.717) is 45.7 Å². The standard InChI is InChI=1S/C30H29ClFN5O3/c1-2-39-27-16-25-22(15-26(27)37-13-5-8-21(37)11-12-28(33)38)30(35-18-34-25)36-24-10-4-9-23(31)29(24)40-17-19-6-3-7-20(32)14-19/h3-4,6-7,9-12,14-16,18,21H,2,5,8,13,17H2,1H3,(H2,33,38)(H,34,35,36)/b12-11+. The van der Waals surface area contributed by atoms with Gasteiger partial charge in [0, 0.05) is 30.1 Å². The fraction of sp³-hybridized carbons (Fsp3) is 0.233. The van der Waals surface area contributed by atoms with E-state index < -0.39 is 5.91 Å². The molecule has 1 aliphatic rings. The number of nitrogens with two attached hydrogens (primary N) is 1. The van der Waals surface area contributed by atoms with Crippen molar-refractivity contribution >= 4 is 45.6 Å². The van der Waals surface area contributed by atoms with E-state index in [4.69, 9.17) is 26.8 Å². The van der Waals surface area contributed by atoms with Crippen LogP contribution in [0.5, 0.6) is 11.5 Å². The Hall–Kier alpha value is -4.37. The highest BCUT2D eigenvalue weighted by atomic mass is 35.5. The molecule has 3 N–H and O–H groups in total. The van der Waals surface area contributed by atoms with Crippen LogP contribution < -0.4 is 25.4 Å². The molecule has 4 aromatic rings. The number of nitrogens with zero attached hydrogens (tertiary/aromatic N) is 3. The molecule has 0 spiro atoms. The molecule has 8 nitrogen and oxygen atoms in total. The maximum atomic E-state index is 13.7. The number of hydrogen-bond donors (Lipinski definition) is 2. The summed E-state index contributed by atoms with van der Waals surface area (Å²) in [5.41, 5.74) is 8.20. The van der Waals surface area contributed by atoms with Crippen LogP contribution in [0.1, 0.15) is 25.3 Å². The Morgan fingerprint density at radius 2 is 2.05 bits per heavy atom. The van der Waals surface area contributed by atoms with Gasteiger partial charge in [0.25, 0.3) is 0 Å². The van der Waals surface area contributed by atoms with Crippen LogP contribution in [0.3, 0.4) is 0 Å². The average molecular weight is 562 g/mol. The summed E-state index contributed by atoms with van der Waals surface area (Å²) in [4.78, 5) is 22.6. The average Bonchev–Trinajstić information content (AvgIpc) is 3.40. The van der Waals surface area contributed by atoms with Crippen molar-refractivity contribution in [1.29, 1.82) is 0 Å². The highest BCUT2D eigenvalue weighted by Gasteiger charge is 2.26. The van der Waals surface area contributed by atoms with Gasteiger partial charge in [0.15, 0.2) is 5.75 Å². The number of rotatable bonds is 10. The summed E-state index contributed by atoms with van der Waals surface area (Å²) in [5, 5.41) is 4.52. The SMILES string of the molecule is CCOc1cc2ncnc(Nc3cccc(Cl)c3OCc3cccc(F)c3)c2cc1N1CCCC1/C=C/C(N)=O. The Morgan fingerprint density at radius 1 is 1.20 bits per heavy atom. The van der Waals surface area contributed by atoms with E-state index in [9.17, 15) is 9.18 Å². The van der Waals surface area contributed by atoms with Gasteiger partial charge in [-0.15, -0.1) is 0 Å². The largest absolute Gasteiger partial charge is 0.492 e. The molecule has 1 aromatic heterocycles. The fourth-order valence-corrected chi connectivity index (χ4v) is 5.06. The topological polar surface area (TPSA) is 103 Å². The van der Waals surface area contributed by atoms with Gasteiger partial charge in [-0.25, -0.2) is 14.4 Å². The molecular formula is C30H29ClFN5O3. The molecule has 1 saturated heterocycles. The molecule has 0 saturated carbocycles. The smallest absolute Gasteiger partial charge is 0.241 e. The van der Waals surface area contributed by atoms with E-state index in [1.807, 2.05) is 37.3 Å². The molecule has 0 radical (unpaired) electrons. The number of hydrogen-bond acceptors (Lipinski definition) is 7. The predicted octanol–water partition coefficient (Wildman–Crippen LogP) is 6.15. The Kier molecular flexibility index (Phi) is 8.31. The van der Waals surface area contributed by atoms with Gasteiger partial charge in [0.05, 0.1) is 28.5 Å². The van der Waals surface area contributed by atoms with Crippen molar-refractivity contribution in [2.45, 2.75) is 32.4 Å². The zero-order chi connectivity index (χ0) is 28.1. The highest BCUT2D eigenvalue weighted by molar-refractivity contribution is 6.32. The van der Waals surface area contributed by atoms with Gasteiger partial charge < -0.3 is 25.4 Å². The van der Waals surface area contributed by atoms with Gasteiger partial charge in [-0.2, -0.15) is 0 Å². The third-order valence-electron chi connectivity index (χ3n) is 6.60. The van der Waals surface area contributed by atoms with Crippen molar-refractivity contribution in [2.75, 3.05) is 23.4 Å². The highest BCUT2D eigenvalue weighted by Crippen LogP contribution is 2.41. The summed E-state index contributed by atoms with van der Waals surface area (Å²) in [6, 6.07) is 15.5. The summed E-state index contributed by atoms with van der Waals surface area (Å²) in [5.74, 6) is 0.852. The number of anilines is 3. The van der Waals surface area contributed by atoms with Crippen LogP contribution in [0.15, 0.2) is 73.1 Å². The maximum absolute atomic E-state index is 13.7. The number of ether oxygens (including phenoxy) is 2. The first-order chi connectivity index (χ1) is 19.4. The number of fused-ring (bicyclic) bond motifs is 1. The van der Waals surface area contributed by atoms with Gasteiger partial charge in [0.1, 0.15) is 30.3 Å². The van der Waals surface area contributed by atoms with E-state index in [-0.39, 0.29) is 18.5 Å². The van der Waals surface area contributed by atoms with Crippen LogP contribution in [-0.2, 0) is 11.4 Å². The summed E-state index contributed by atoms with van der Waals surface area (Å²) in [7, 11) is 0. The zero-order valence-corrected chi connectivity index (χ0v) is 22.7. The third-order valence-corrected chi connectivity index (χ3v) is 6.90. The van der Waals surface area contributed by atoms with Crippen molar-refractivity contribution in [3.05, 3.63) is 89.5 Å². The molecule has 3 aromatic carbocycles. The van der Waals surface area contributed by atoms with Gasteiger partial charge in [-0.05, 0) is 55.7 Å². The lowest BCUT2D eigenvalue weighted by molar-refractivity contribution is -0.113. The molecule has 5 rings (SSSR count). The van der Waals surface area contributed by atoms with E-state index in [1.165, 1.54) is 24.5 Å². The first kappa shape index (κ1) is 27.2. The first-order valence-corrected chi connectivity index (χ1v) is 13.4. The number of carbonyl (C=O) groups is 1. The van der Waals surface area contributed by atoms with Crippen LogP contribution in [-0.4, -0.2) is 35.1 Å². The molecule has 206 valence electrons. The lowest BCUT2D eigenvalue weighted by Crippen LogP contribution is -2.28. The maximum Gasteiger partial charge on any atom is 0.241 e. The monoisotopic (exact) mass is 561 g/mol. The Morgan fingerprint density at radius 3 is 2.85 bits per heavy atom. The third kappa shape index (κ3) is 6.10. The van der Waals surface area contributed by atoms with Crippen molar-refractivity contribution in [2.24, 2.45) is 5.73 Å². The number of halogens is 2. The normalized spacial score (nSPS) is 15.1. The minimum Gasteiger partial charge on any atom is -0.492 e. The van der Waals surface area contributed by atoms with Gasteiger partial charge >= 0.3 is 0 Å². The quantitative estimate of drug-likeness (QED) is 0.224. The van der Waals surface area contributed by atoms with E-state index in [2.05, 4.69) is 20.2 Å². The van der Waals surface area contributed by atoms with Crippen LogP contribution in [0.2, 0.25) is 5.02 Å². The summed E-state index contributed by atoms with van der Waals surface area (Å²) in [6.45, 7) is 3.35. The minimum atomic E-state index is -0.479. The second kappa shape index (κ2) is 12.2. The fourth-order valence-electron chi connectivity index (χ4n) is 4.83. The molecule has 2 heterocycles. The van der Waals surface area contributed by atoms with E-state index >= 15 is 0 Å². The van der Waals surface area contributed by atoms with Crippen molar-refractivity contribution in [3.8, 4) is 11.5 Å². The lowest BCUT2D eigenvalue weighted by Gasteiger charge is -2.27. The number of primary amides is 1. The number of benzene rings is 3. The number of nitrogens with one attached hydrogen (secondary N) is 1. The number of para-hydroxylation sites is 1. The van der Waals surface area contributed by atoms with Crippen LogP contribution >= 0.6 is 11.6 Å². The van der Waals surface area contributed by atoms with E-state index in [1.54, 1.807) is 18.2 Å². The molecule has 1 aliphatic heterocycles. The number of carbonyl (C=O) groups excluding carboxylic acids is 1. The molecule has 1 unspecified atom stereocenters. The lowest BCUT2D eigenvalue weighted by atomic mass is 10.1. The van der Waals surface area contributed by atoms with E-state index in [0.717, 1.165) is 30.5 Å². The van der Waals surface area contributed by atoms with Crippen LogP contribution in [0.25, 0.3) is 10.9 Å². The predicted molar refractivity (Wildman–Crippen MR) is 155 cm³/mol. The minimum absolute atomic E-state index is 0.000881. The second-order valence-electron chi connectivity index (χ2n) is 9.32. The van der Waals surface area contributed by atoms with Crippen molar-refractivity contribution in [3.63, 3.8) is 0 Å². The second-order valence-corrected chi connectivity index (χ2v) is 9.72. The molecule has 0 bridgehead atoms. The van der Waals surface area contributed by atoms with Crippen LogP contribution in [0.4, 0.5) is 21.6 Å². The summed E-state index contributed by atoms with van der Waals surface area (Å²) in [6.07, 6.45) is 6.57. The molecule has 0 aliphatic carbocycles. The zero-order valence-electron chi connectivity index (χ0n) is 21.9. The molecule has 1 fully saturated rings. The molecule has 40 heavy (non-hydrogen) atoms. The Labute approximate surface area is 236 Å².